The summed E-state index contributed by atoms with van der Waals surface area (Å²) in [5, 5.41) is 0. The SMILES string of the molecule is CC1(C)CCCCC1C(=O)N1CCCCC1C(N)=S. The topological polar surface area (TPSA) is 46.3 Å². The van der Waals surface area contributed by atoms with Gasteiger partial charge in [-0.3, -0.25) is 4.79 Å². The van der Waals surface area contributed by atoms with Gasteiger partial charge < -0.3 is 10.6 Å². The van der Waals surface area contributed by atoms with Crippen LogP contribution >= 0.6 is 12.2 Å². The van der Waals surface area contributed by atoms with Crippen LogP contribution in [0.5, 0.6) is 0 Å². The molecule has 2 rings (SSSR count). The van der Waals surface area contributed by atoms with Gasteiger partial charge in [0.15, 0.2) is 0 Å². The third-order valence-electron chi connectivity index (χ3n) is 4.92. The Labute approximate surface area is 121 Å². The third kappa shape index (κ3) is 3.10. The molecule has 4 heteroatoms. The van der Waals surface area contributed by atoms with Crippen molar-refractivity contribution in [3.63, 3.8) is 0 Å². The maximum atomic E-state index is 12.9. The second-order valence-corrected chi connectivity index (χ2v) is 7.20. The summed E-state index contributed by atoms with van der Waals surface area (Å²) in [4.78, 5) is 15.4. The minimum absolute atomic E-state index is 0.00558. The van der Waals surface area contributed by atoms with Gasteiger partial charge in [-0.15, -0.1) is 0 Å². The molecule has 2 aliphatic rings. The molecule has 2 fully saturated rings. The van der Waals surface area contributed by atoms with Gasteiger partial charge in [-0.1, -0.05) is 38.9 Å². The number of carbonyl (C=O) groups excluding carboxylic acids is 1. The molecule has 2 atom stereocenters. The van der Waals surface area contributed by atoms with Gasteiger partial charge in [0.1, 0.15) is 0 Å². The van der Waals surface area contributed by atoms with E-state index in [-0.39, 0.29) is 17.4 Å². The summed E-state index contributed by atoms with van der Waals surface area (Å²) in [6, 6.07) is -0.00558. The summed E-state index contributed by atoms with van der Waals surface area (Å²) < 4.78 is 0. The molecule has 1 amide bonds. The first-order valence-corrected chi connectivity index (χ1v) is 7.94. The minimum atomic E-state index is -0.00558. The fraction of sp³-hybridized carbons (Fsp3) is 0.867. The zero-order valence-corrected chi connectivity index (χ0v) is 13.0. The van der Waals surface area contributed by atoms with Crippen molar-refractivity contribution in [1.82, 2.24) is 4.90 Å². The van der Waals surface area contributed by atoms with Crippen molar-refractivity contribution in [2.75, 3.05) is 6.54 Å². The van der Waals surface area contributed by atoms with Crippen LogP contribution < -0.4 is 5.73 Å². The van der Waals surface area contributed by atoms with Crippen molar-refractivity contribution in [1.29, 1.82) is 0 Å². The summed E-state index contributed by atoms with van der Waals surface area (Å²) in [6.45, 7) is 5.29. The number of thiocarbonyl (C=S) groups is 1. The molecule has 0 radical (unpaired) electrons. The van der Waals surface area contributed by atoms with Gasteiger partial charge in [-0.05, 0) is 37.5 Å². The minimum Gasteiger partial charge on any atom is -0.392 e. The van der Waals surface area contributed by atoms with E-state index in [1.165, 1.54) is 12.8 Å². The van der Waals surface area contributed by atoms with Gasteiger partial charge in [0.05, 0.1) is 11.0 Å². The Bertz CT molecular complexity index is 367. The van der Waals surface area contributed by atoms with E-state index >= 15 is 0 Å². The van der Waals surface area contributed by atoms with Crippen LogP contribution in [0.15, 0.2) is 0 Å². The van der Waals surface area contributed by atoms with Crippen LogP contribution in [0, 0.1) is 11.3 Å². The van der Waals surface area contributed by atoms with Crippen molar-refractivity contribution in [3.8, 4) is 0 Å². The lowest BCUT2D eigenvalue weighted by Crippen LogP contribution is -2.54. The largest absolute Gasteiger partial charge is 0.392 e. The highest BCUT2D eigenvalue weighted by molar-refractivity contribution is 7.80. The van der Waals surface area contributed by atoms with Gasteiger partial charge >= 0.3 is 0 Å². The fourth-order valence-electron chi connectivity index (χ4n) is 3.64. The van der Waals surface area contributed by atoms with E-state index in [1.807, 2.05) is 4.90 Å². The highest BCUT2D eigenvalue weighted by Crippen LogP contribution is 2.42. The smallest absolute Gasteiger partial charge is 0.226 e. The monoisotopic (exact) mass is 282 g/mol. The van der Waals surface area contributed by atoms with E-state index in [4.69, 9.17) is 18.0 Å². The Kier molecular flexibility index (Phi) is 4.49. The Hall–Kier alpha value is -0.640. The fourth-order valence-corrected chi connectivity index (χ4v) is 3.89. The van der Waals surface area contributed by atoms with E-state index in [1.54, 1.807) is 0 Å². The number of hydrogen-bond donors (Lipinski definition) is 1. The zero-order valence-electron chi connectivity index (χ0n) is 12.2. The molecule has 2 unspecified atom stereocenters. The number of likely N-dealkylation sites (tertiary alicyclic amines) is 1. The number of amides is 1. The predicted molar refractivity (Wildman–Crippen MR) is 81.9 cm³/mol. The first-order valence-electron chi connectivity index (χ1n) is 7.53. The number of nitrogens with zero attached hydrogens (tertiary/aromatic N) is 1. The zero-order chi connectivity index (χ0) is 14.0. The van der Waals surface area contributed by atoms with Crippen molar-refractivity contribution in [2.24, 2.45) is 17.1 Å². The second-order valence-electron chi connectivity index (χ2n) is 6.73. The molecule has 0 aromatic rings. The predicted octanol–water partition coefficient (Wildman–Crippen LogP) is 2.87. The molecular formula is C15H26N2OS. The van der Waals surface area contributed by atoms with Gasteiger partial charge in [-0.2, -0.15) is 0 Å². The van der Waals surface area contributed by atoms with Crippen molar-refractivity contribution >= 4 is 23.1 Å². The average Bonchev–Trinajstić information content (AvgIpc) is 2.37. The lowest BCUT2D eigenvalue weighted by molar-refractivity contribution is -0.143. The summed E-state index contributed by atoms with van der Waals surface area (Å²) in [6.07, 6.45) is 7.73. The van der Waals surface area contributed by atoms with Crippen LogP contribution in [0.2, 0.25) is 0 Å². The van der Waals surface area contributed by atoms with Crippen LogP contribution in [0.25, 0.3) is 0 Å². The second kappa shape index (κ2) is 5.78. The van der Waals surface area contributed by atoms with Gasteiger partial charge in [-0.25, -0.2) is 0 Å². The van der Waals surface area contributed by atoms with Crippen LogP contribution in [0.3, 0.4) is 0 Å². The molecule has 19 heavy (non-hydrogen) atoms. The molecule has 0 spiro atoms. The first-order chi connectivity index (χ1) is 8.93. The van der Waals surface area contributed by atoms with Crippen LogP contribution in [0.4, 0.5) is 0 Å². The Balaban J connectivity index is 2.14. The van der Waals surface area contributed by atoms with Gasteiger partial charge in [0.25, 0.3) is 0 Å². The molecule has 1 aliphatic carbocycles. The molecule has 108 valence electrons. The number of nitrogens with two attached hydrogens (primary N) is 1. The molecule has 0 bridgehead atoms. The normalized spacial score (nSPS) is 30.9. The number of piperidine rings is 1. The molecule has 3 nitrogen and oxygen atoms in total. The van der Waals surface area contributed by atoms with E-state index < -0.39 is 0 Å². The lowest BCUT2D eigenvalue weighted by Gasteiger charge is -2.43. The third-order valence-corrected chi connectivity index (χ3v) is 5.19. The maximum Gasteiger partial charge on any atom is 0.226 e. The standard InChI is InChI=1S/C15H26N2OS/c1-15(2)9-5-3-7-11(15)14(18)17-10-6-4-8-12(17)13(16)19/h11-12H,3-10H2,1-2H3,(H2,16,19). The number of rotatable bonds is 2. The molecule has 0 aromatic heterocycles. The molecule has 0 aromatic carbocycles. The van der Waals surface area contributed by atoms with E-state index in [9.17, 15) is 4.79 Å². The van der Waals surface area contributed by atoms with Crippen molar-refractivity contribution < 1.29 is 4.79 Å². The highest BCUT2D eigenvalue weighted by atomic mass is 32.1. The van der Waals surface area contributed by atoms with Crippen molar-refractivity contribution in [2.45, 2.75) is 64.8 Å². The molecule has 2 N–H and O–H groups in total. The Morgan fingerprint density at radius 2 is 1.89 bits per heavy atom. The van der Waals surface area contributed by atoms with Crippen LogP contribution in [-0.2, 0) is 4.79 Å². The highest BCUT2D eigenvalue weighted by Gasteiger charge is 2.41. The van der Waals surface area contributed by atoms with Crippen LogP contribution in [-0.4, -0.2) is 28.4 Å². The molecule has 1 aliphatic heterocycles. The Morgan fingerprint density at radius 3 is 2.53 bits per heavy atom. The summed E-state index contributed by atoms with van der Waals surface area (Å²) in [7, 11) is 0. The maximum absolute atomic E-state index is 12.9. The molecule has 1 saturated heterocycles. The Morgan fingerprint density at radius 1 is 1.21 bits per heavy atom. The summed E-state index contributed by atoms with van der Waals surface area (Å²) >= 11 is 5.15. The summed E-state index contributed by atoms with van der Waals surface area (Å²) in [5.41, 5.74) is 5.95. The molecule has 1 saturated carbocycles. The molecule has 1 heterocycles. The lowest BCUT2D eigenvalue weighted by atomic mass is 9.68. The number of hydrogen-bond acceptors (Lipinski definition) is 2. The van der Waals surface area contributed by atoms with E-state index in [0.717, 1.165) is 38.6 Å². The van der Waals surface area contributed by atoms with Gasteiger partial charge in [0, 0.05) is 12.5 Å². The van der Waals surface area contributed by atoms with Crippen LogP contribution in [0.1, 0.15) is 58.8 Å². The average molecular weight is 282 g/mol. The number of carbonyl (C=O) groups is 1. The van der Waals surface area contributed by atoms with Crippen molar-refractivity contribution in [3.05, 3.63) is 0 Å². The quantitative estimate of drug-likeness (QED) is 0.792. The summed E-state index contributed by atoms with van der Waals surface area (Å²) in [5.74, 6) is 0.443. The van der Waals surface area contributed by atoms with E-state index in [2.05, 4.69) is 13.8 Å². The molecular weight excluding hydrogens is 256 g/mol. The van der Waals surface area contributed by atoms with E-state index in [0.29, 0.717) is 10.9 Å². The first kappa shape index (κ1) is 14.8. The van der Waals surface area contributed by atoms with Gasteiger partial charge in [0.2, 0.25) is 5.91 Å².